The van der Waals surface area contributed by atoms with Crippen LogP contribution in [0.2, 0.25) is 0 Å². The summed E-state index contributed by atoms with van der Waals surface area (Å²) in [6.45, 7) is 6.25. The maximum absolute atomic E-state index is 12.4. The second kappa shape index (κ2) is 17.9. The molecule has 0 spiro atoms. The first-order valence-electron chi connectivity index (χ1n) is 20.8. The molecule has 3 aliphatic heterocycles. The summed E-state index contributed by atoms with van der Waals surface area (Å²) < 4.78 is 12.2. The number of rotatable bonds is 18. The van der Waals surface area contributed by atoms with Gasteiger partial charge in [0.1, 0.15) is 11.2 Å². The van der Waals surface area contributed by atoms with Crippen molar-refractivity contribution in [2.24, 2.45) is 35.5 Å². The molecule has 12 nitrogen and oxygen atoms in total. The Hall–Kier alpha value is -5.01. The van der Waals surface area contributed by atoms with Crippen molar-refractivity contribution in [1.29, 1.82) is 0 Å². The van der Waals surface area contributed by atoms with Gasteiger partial charge in [0.2, 0.25) is 0 Å². The zero-order valence-electron chi connectivity index (χ0n) is 32.8. The lowest BCUT2D eigenvalue weighted by Crippen LogP contribution is -2.27. The molecule has 12 heteroatoms. The number of fused-ring (bicyclic) bond motifs is 2. The van der Waals surface area contributed by atoms with Crippen LogP contribution >= 0.6 is 0 Å². The van der Waals surface area contributed by atoms with Gasteiger partial charge >= 0.3 is 17.9 Å². The standard InChI is InChI=1S/C46H54N4O8/c51-44(52)39(32-8-11-47-20-32)17-28-2-1-3-31(14-28)23-50(24-35-26-57-42-6-4-29(15-37(35)42)18-40(45(53)54)33-9-12-48-21-33)25-36-27-58-43-7-5-30(16-38(36)43)19-41(46(55)56)34-10-13-49-22-34/h1-7,14-16,26-27,32-34,39-41,47-49H,8-13,17-25H2,(H,51,52)(H,53,54)(H,55,56). The van der Waals surface area contributed by atoms with E-state index >= 15 is 0 Å². The van der Waals surface area contributed by atoms with E-state index in [0.29, 0.717) is 58.5 Å². The van der Waals surface area contributed by atoms with Crippen LogP contribution in [0.1, 0.15) is 52.6 Å². The van der Waals surface area contributed by atoms with Gasteiger partial charge in [0.15, 0.2) is 0 Å². The van der Waals surface area contributed by atoms with Gasteiger partial charge in [-0.3, -0.25) is 19.3 Å². The number of carboxylic acid groups (broad SMARTS) is 3. The molecule has 5 aromatic rings. The highest BCUT2D eigenvalue weighted by molar-refractivity contribution is 5.83. The number of benzene rings is 3. The van der Waals surface area contributed by atoms with Crippen molar-refractivity contribution in [2.45, 2.75) is 58.2 Å². The lowest BCUT2D eigenvalue weighted by Gasteiger charge is -2.23. The topological polar surface area (TPSA) is 178 Å². The summed E-state index contributed by atoms with van der Waals surface area (Å²) >= 11 is 0. The van der Waals surface area contributed by atoms with E-state index in [1.165, 1.54) is 0 Å². The van der Waals surface area contributed by atoms with Crippen molar-refractivity contribution in [1.82, 2.24) is 20.9 Å². The number of carbonyl (C=O) groups is 3. The largest absolute Gasteiger partial charge is 0.481 e. The summed E-state index contributed by atoms with van der Waals surface area (Å²) in [5, 5.41) is 42.3. The Balaban J connectivity index is 1.08. The molecule has 3 aliphatic rings. The first kappa shape index (κ1) is 39.8. The highest BCUT2D eigenvalue weighted by atomic mass is 16.4. The molecule has 3 saturated heterocycles. The van der Waals surface area contributed by atoms with Crippen LogP contribution in [-0.2, 0) is 53.3 Å². The van der Waals surface area contributed by atoms with Crippen LogP contribution in [0, 0.1) is 35.5 Å². The number of nitrogens with zero attached hydrogens (tertiary/aromatic N) is 1. The van der Waals surface area contributed by atoms with Crippen LogP contribution < -0.4 is 16.0 Å². The minimum Gasteiger partial charge on any atom is -0.481 e. The molecule has 3 fully saturated rings. The fourth-order valence-electron chi connectivity index (χ4n) is 9.71. The van der Waals surface area contributed by atoms with Gasteiger partial charge in [0.05, 0.1) is 30.3 Å². The monoisotopic (exact) mass is 790 g/mol. The maximum Gasteiger partial charge on any atom is 0.307 e. The minimum atomic E-state index is -0.770. The molecule has 6 unspecified atom stereocenters. The van der Waals surface area contributed by atoms with Crippen LogP contribution in [0.15, 0.2) is 82.0 Å². The molecule has 6 N–H and O–H groups in total. The molecule has 0 bridgehead atoms. The summed E-state index contributed by atoms with van der Waals surface area (Å²) in [6.07, 6.45) is 7.47. The van der Waals surface area contributed by atoms with Crippen LogP contribution in [0.4, 0.5) is 0 Å². The van der Waals surface area contributed by atoms with Crippen molar-refractivity contribution in [3.05, 3.63) is 107 Å². The van der Waals surface area contributed by atoms with Gasteiger partial charge in [-0.2, -0.15) is 0 Å². The molecule has 58 heavy (non-hydrogen) atoms. The fourth-order valence-corrected chi connectivity index (χ4v) is 9.71. The smallest absolute Gasteiger partial charge is 0.307 e. The van der Waals surface area contributed by atoms with E-state index in [4.69, 9.17) is 8.83 Å². The molecular weight excluding hydrogens is 737 g/mol. The van der Waals surface area contributed by atoms with Gasteiger partial charge in [0.25, 0.3) is 0 Å². The Bertz CT molecular complexity index is 2110. The van der Waals surface area contributed by atoms with Gasteiger partial charge in [-0.25, -0.2) is 0 Å². The summed E-state index contributed by atoms with van der Waals surface area (Å²) in [5.74, 6) is -3.44. The second-order valence-corrected chi connectivity index (χ2v) is 16.9. The molecule has 0 amide bonds. The van der Waals surface area contributed by atoms with Crippen molar-refractivity contribution in [3.63, 3.8) is 0 Å². The van der Waals surface area contributed by atoms with Gasteiger partial charge < -0.3 is 40.1 Å². The highest BCUT2D eigenvalue weighted by Crippen LogP contribution is 2.32. The lowest BCUT2D eigenvalue weighted by atomic mass is 9.86. The van der Waals surface area contributed by atoms with E-state index in [0.717, 1.165) is 94.2 Å². The van der Waals surface area contributed by atoms with E-state index in [-0.39, 0.29) is 17.8 Å². The zero-order valence-corrected chi connectivity index (χ0v) is 32.8. The molecule has 2 aromatic heterocycles. The Kier molecular flexibility index (Phi) is 12.3. The predicted octanol–water partition coefficient (Wildman–Crippen LogP) is 5.94. The number of furan rings is 2. The van der Waals surface area contributed by atoms with Gasteiger partial charge in [-0.15, -0.1) is 0 Å². The average molecular weight is 791 g/mol. The van der Waals surface area contributed by atoms with Gasteiger partial charge in [0, 0.05) is 41.5 Å². The Morgan fingerprint density at radius 1 is 0.569 bits per heavy atom. The van der Waals surface area contributed by atoms with Crippen molar-refractivity contribution in [3.8, 4) is 0 Å². The Labute approximate surface area is 338 Å². The van der Waals surface area contributed by atoms with E-state index in [1.54, 1.807) is 12.5 Å². The number of nitrogens with one attached hydrogen (secondary N) is 3. The number of hydrogen-bond donors (Lipinski definition) is 6. The molecule has 8 rings (SSSR count). The third-order valence-corrected chi connectivity index (χ3v) is 12.9. The Morgan fingerprint density at radius 2 is 0.983 bits per heavy atom. The average Bonchev–Trinajstić information content (AvgIpc) is 4.07. The molecule has 0 saturated carbocycles. The molecule has 6 atom stereocenters. The SMILES string of the molecule is O=C(O)C(Cc1cccc(CN(Cc2coc3ccc(CC(C(=O)O)C4CCNC4)cc23)Cc2coc3ccc(CC(C(=O)O)C4CCNC4)cc23)c1)C1CCNC1. The van der Waals surface area contributed by atoms with Crippen molar-refractivity contribution in [2.75, 3.05) is 39.3 Å². The Morgan fingerprint density at radius 3 is 1.38 bits per heavy atom. The summed E-state index contributed by atoms with van der Waals surface area (Å²) in [7, 11) is 0. The van der Waals surface area contributed by atoms with Crippen LogP contribution in [0.3, 0.4) is 0 Å². The van der Waals surface area contributed by atoms with Crippen LogP contribution in [0.5, 0.6) is 0 Å². The fraction of sp³-hybridized carbons (Fsp3) is 0.457. The summed E-state index contributed by atoms with van der Waals surface area (Å²) in [5.41, 5.74) is 7.39. The van der Waals surface area contributed by atoms with Crippen molar-refractivity contribution >= 4 is 39.8 Å². The van der Waals surface area contributed by atoms with E-state index in [2.05, 4.69) is 45.1 Å². The minimum absolute atomic E-state index is 0.0870. The third kappa shape index (κ3) is 9.15. The molecule has 306 valence electrons. The first-order chi connectivity index (χ1) is 28.2. The quantitative estimate of drug-likeness (QED) is 0.0617. The molecule has 3 aromatic carbocycles. The second-order valence-electron chi connectivity index (χ2n) is 16.9. The van der Waals surface area contributed by atoms with Crippen molar-refractivity contribution < 1.29 is 38.5 Å². The predicted molar refractivity (Wildman–Crippen MR) is 219 cm³/mol. The highest BCUT2D eigenvalue weighted by Gasteiger charge is 2.33. The van der Waals surface area contributed by atoms with Crippen LogP contribution in [0.25, 0.3) is 21.9 Å². The number of hydrogen-bond acceptors (Lipinski definition) is 9. The van der Waals surface area contributed by atoms with E-state index < -0.39 is 35.7 Å². The zero-order chi connectivity index (χ0) is 40.2. The first-order valence-corrected chi connectivity index (χ1v) is 20.8. The lowest BCUT2D eigenvalue weighted by molar-refractivity contribution is -0.144. The summed E-state index contributed by atoms with van der Waals surface area (Å²) in [6, 6.07) is 20.2. The molecule has 0 aliphatic carbocycles. The molecule has 5 heterocycles. The van der Waals surface area contributed by atoms with Gasteiger partial charge in [-0.1, -0.05) is 36.4 Å². The van der Waals surface area contributed by atoms with E-state index in [1.807, 2.05) is 36.4 Å². The number of carboxylic acids is 3. The molecule has 0 radical (unpaired) electrons. The number of aliphatic carboxylic acids is 3. The van der Waals surface area contributed by atoms with Crippen LogP contribution in [-0.4, -0.2) is 77.4 Å². The maximum atomic E-state index is 12.4. The molecular formula is C46H54N4O8. The normalized spacial score (nSPS) is 21.2. The summed E-state index contributed by atoms with van der Waals surface area (Å²) in [4.78, 5) is 39.4. The van der Waals surface area contributed by atoms with E-state index in [9.17, 15) is 29.7 Å². The third-order valence-electron chi connectivity index (χ3n) is 12.9. The van der Waals surface area contributed by atoms with Gasteiger partial charge in [-0.05, 0) is 142 Å².